The summed E-state index contributed by atoms with van der Waals surface area (Å²) in [5.74, 6) is -0.582. The summed E-state index contributed by atoms with van der Waals surface area (Å²) in [6.07, 6.45) is 6.78. The van der Waals surface area contributed by atoms with E-state index in [1.165, 1.54) is 6.42 Å². The van der Waals surface area contributed by atoms with Crippen molar-refractivity contribution in [2.75, 3.05) is 17.1 Å². The van der Waals surface area contributed by atoms with Gasteiger partial charge in [0, 0.05) is 12.6 Å². The highest BCUT2D eigenvalue weighted by Gasteiger charge is 2.33. The van der Waals surface area contributed by atoms with E-state index in [0.29, 0.717) is 12.1 Å². The fourth-order valence-electron chi connectivity index (χ4n) is 5.18. The molecule has 1 N–H and O–H groups in total. The van der Waals surface area contributed by atoms with Gasteiger partial charge >= 0.3 is 0 Å². The number of sulfonamides is 1. The van der Waals surface area contributed by atoms with Gasteiger partial charge in [-0.15, -0.1) is 0 Å². The van der Waals surface area contributed by atoms with Gasteiger partial charge in [-0.1, -0.05) is 83.4 Å². The van der Waals surface area contributed by atoms with Crippen molar-refractivity contribution in [2.24, 2.45) is 0 Å². The summed E-state index contributed by atoms with van der Waals surface area (Å²) in [6.45, 7) is 9.98. The number of benzene rings is 2. The Kier molecular flexibility index (Phi) is 10.2. The van der Waals surface area contributed by atoms with Crippen LogP contribution < -0.4 is 9.62 Å². The molecule has 0 saturated heterocycles. The van der Waals surface area contributed by atoms with Gasteiger partial charge in [0.05, 0.1) is 11.9 Å². The second kappa shape index (κ2) is 13.0. The van der Waals surface area contributed by atoms with Crippen LogP contribution in [0.4, 0.5) is 5.69 Å². The van der Waals surface area contributed by atoms with Crippen molar-refractivity contribution in [2.45, 2.75) is 97.2 Å². The fraction of sp³-hybridized carbons (Fsp3) is 0.548. The summed E-state index contributed by atoms with van der Waals surface area (Å²) in [6, 6.07) is 14.5. The number of rotatable bonds is 10. The molecule has 0 bridgehead atoms. The number of carbonyl (C=O) groups is 2. The Morgan fingerprint density at radius 3 is 2.15 bits per heavy atom. The standard InChI is InChI=1S/C31H45N3O4S/c1-7-28(30(36)32-26-15-9-8-10-16-26)33(21-24-14-12-11-13-23(24)2)29(35)22-34(39(6,37)38)27-19-17-25(18-20-27)31(3,4)5/h11-14,17-20,26,28H,7-10,15-16,21-22H2,1-6H3,(H,32,36)/t28-/m1/s1. The van der Waals surface area contributed by atoms with E-state index >= 15 is 0 Å². The Hall–Kier alpha value is -2.87. The lowest BCUT2D eigenvalue weighted by Gasteiger charge is -2.34. The summed E-state index contributed by atoms with van der Waals surface area (Å²) < 4.78 is 26.9. The second-order valence-electron chi connectivity index (χ2n) is 11.8. The number of hydrogen-bond donors (Lipinski definition) is 1. The minimum atomic E-state index is -3.77. The molecule has 0 radical (unpaired) electrons. The van der Waals surface area contributed by atoms with E-state index in [9.17, 15) is 18.0 Å². The molecule has 1 fully saturated rings. The largest absolute Gasteiger partial charge is 0.352 e. The van der Waals surface area contributed by atoms with E-state index in [2.05, 4.69) is 26.1 Å². The molecule has 0 heterocycles. The molecule has 0 unspecified atom stereocenters. The van der Waals surface area contributed by atoms with Crippen molar-refractivity contribution in [1.82, 2.24) is 10.2 Å². The van der Waals surface area contributed by atoms with Crippen molar-refractivity contribution < 1.29 is 18.0 Å². The average Bonchev–Trinajstić information content (AvgIpc) is 2.87. The lowest BCUT2D eigenvalue weighted by Crippen LogP contribution is -2.54. The summed E-state index contributed by atoms with van der Waals surface area (Å²) in [7, 11) is -3.77. The molecular weight excluding hydrogens is 510 g/mol. The van der Waals surface area contributed by atoms with Crippen molar-refractivity contribution >= 4 is 27.5 Å². The highest BCUT2D eigenvalue weighted by atomic mass is 32.2. The number of amides is 2. The molecule has 2 aromatic rings. The molecule has 0 aliphatic heterocycles. The first kappa shape index (κ1) is 30.7. The van der Waals surface area contributed by atoms with Gasteiger partial charge in [-0.05, 0) is 60.4 Å². The maximum Gasteiger partial charge on any atom is 0.244 e. The lowest BCUT2D eigenvalue weighted by molar-refractivity contribution is -0.140. The van der Waals surface area contributed by atoms with E-state index in [0.717, 1.165) is 52.9 Å². The Morgan fingerprint density at radius 2 is 1.62 bits per heavy atom. The highest BCUT2D eigenvalue weighted by molar-refractivity contribution is 7.92. The molecule has 1 aliphatic carbocycles. The summed E-state index contributed by atoms with van der Waals surface area (Å²) >= 11 is 0. The van der Waals surface area contributed by atoms with Crippen LogP contribution in [0.2, 0.25) is 0 Å². The Bertz CT molecular complexity index is 1230. The maximum atomic E-state index is 14.0. The zero-order valence-electron chi connectivity index (χ0n) is 24.4. The third-order valence-corrected chi connectivity index (χ3v) is 8.78. The molecule has 0 aromatic heterocycles. The van der Waals surface area contributed by atoms with Crippen LogP contribution in [-0.2, 0) is 31.6 Å². The normalized spacial score (nSPS) is 15.4. The van der Waals surface area contributed by atoms with Crippen LogP contribution in [0, 0.1) is 6.92 Å². The molecule has 3 rings (SSSR count). The second-order valence-corrected chi connectivity index (χ2v) is 13.7. The molecule has 0 spiro atoms. The molecule has 7 nitrogen and oxygen atoms in total. The van der Waals surface area contributed by atoms with Crippen molar-refractivity contribution in [3.63, 3.8) is 0 Å². The summed E-state index contributed by atoms with van der Waals surface area (Å²) in [5, 5.41) is 3.18. The molecular formula is C31H45N3O4S. The maximum absolute atomic E-state index is 14.0. The number of carbonyl (C=O) groups excluding carboxylic acids is 2. The quantitative estimate of drug-likeness (QED) is 0.430. The van der Waals surface area contributed by atoms with Crippen LogP contribution in [0.15, 0.2) is 48.5 Å². The SMILES string of the molecule is CC[C@H](C(=O)NC1CCCCC1)N(Cc1ccccc1C)C(=O)CN(c1ccc(C(C)(C)C)cc1)S(C)(=O)=O. The number of nitrogens with one attached hydrogen (secondary N) is 1. The zero-order valence-corrected chi connectivity index (χ0v) is 25.2. The minimum Gasteiger partial charge on any atom is -0.352 e. The van der Waals surface area contributed by atoms with Gasteiger partial charge < -0.3 is 10.2 Å². The van der Waals surface area contributed by atoms with Crippen LogP contribution in [0.25, 0.3) is 0 Å². The first-order chi connectivity index (χ1) is 18.3. The summed E-state index contributed by atoms with van der Waals surface area (Å²) in [5.41, 5.74) is 3.34. The Labute approximate surface area is 235 Å². The number of aryl methyl sites for hydroxylation is 1. The average molecular weight is 556 g/mol. The van der Waals surface area contributed by atoms with Gasteiger partial charge in [0.2, 0.25) is 21.8 Å². The lowest BCUT2D eigenvalue weighted by atomic mass is 9.87. The topological polar surface area (TPSA) is 86.8 Å². The third-order valence-electron chi connectivity index (χ3n) is 7.64. The third kappa shape index (κ3) is 8.31. The van der Waals surface area contributed by atoms with Crippen LogP contribution >= 0.6 is 0 Å². The minimum absolute atomic E-state index is 0.0886. The Morgan fingerprint density at radius 1 is 1.00 bits per heavy atom. The number of nitrogens with zero attached hydrogens (tertiary/aromatic N) is 2. The van der Waals surface area contributed by atoms with Gasteiger partial charge in [0.15, 0.2) is 0 Å². The van der Waals surface area contributed by atoms with Crippen LogP contribution in [0.3, 0.4) is 0 Å². The molecule has 214 valence electrons. The predicted molar refractivity (Wildman–Crippen MR) is 158 cm³/mol. The van der Waals surface area contributed by atoms with Crippen LogP contribution in [0.1, 0.15) is 82.9 Å². The zero-order chi connectivity index (χ0) is 28.8. The molecule has 2 aromatic carbocycles. The van der Waals surface area contributed by atoms with E-state index in [1.54, 1.807) is 17.0 Å². The molecule has 39 heavy (non-hydrogen) atoms. The first-order valence-corrected chi connectivity index (χ1v) is 15.9. The Balaban J connectivity index is 1.93. The van der Waals surface area contributed by atoms with E-state index in [4.69, 9.17) is 0 Å². The van der Waals surface area contributed by atoms with Gasteiger partial charge in [0.1, 0.15) is 12.6 Å². The summed E-state index contributed by atoms with van der Waals surface area (Å²) in [4.78, 5) is 29.0. The highest BCUT2D eigenvalue weighted by Crippen LogP contribution is 2.27. The number of hydrogen-bond acceptors (Lipinski definition) is 4. The van der Waals surface area contributed by atoms with Gasteiger partial charge in [0.25, 0.3) is 0 Å². The fourth-order valence-corrected chi connectivity index (χ4v) is 6.03. The van der Waals surface area contributed by atoms with Gasteiger partial charge in [-0.3, -0.25) is 13.9 Å². The predicted octanol–water partition coefficient (Wildman–Crippen LogP) is 5.31. The van der Waals surface area contributed by atoms with Crippen molar-refractivity contribution in [1.29, 1.82) is 0 Å². The van der Waals surface area contributed by atoms with Crippen LogP contribution in [-0.4, -0.2) is 50.0 Å². The smallest absolute Gasteiger partial charge is 0.244 e. The van der Waals surface area contributed by atoms with Crippen molar-refractivity contribution in [3.05, 3.63) is 65.2 Å². The monoisotopic (exact) mass is 555 g/mol. The molecule has 2 amide bonds. The molecule has 8 heteroatoms. The van der Waals surface area contributed by atoms with Crippen LogP contribution in [0.5, 0.6) is 0 Å². The molecule has 1 atom stereocenters. The molecule has 1 aliphatic rings. The first-order valence-electron chi connectivity index (χ1n) is 14.0. The van der Waals surface area contributed by atoms with E-state index in [-0.39, 0.29) is 30.5 Å². The molecule has 1 saturated carbocycles. The number of anilines is 1. The van der Waals surface area contributed by atoms with Crippen molar-refractivity contribution in [3.8, 4) is 0 Å². The van der Waals surface area contributed by atoms with E-state index in [1.807, 2.05) is 50.2 Å². The van der Waals surface area contributed by atoms with Gasteiger partial charge in [-0.25, -0.2) is 8.42 Å². The van der Waals surface area contributed by atoms with Gasteiger partial charge in [-0.2, -0.15) is 0 Å². The van der Waals surface area contributed by atoms with E-state index < -0.39 is 22.0 Å².